The molecule has 0 fully saturated rings. The summed E-state index contributed by atoms with van der Waals surface area (Å²) in [5.74, 6) is -2.54. The monoisotopic (exact) mass is 596 g/mol. The highest BCUT2D eigenvalue weighted by Gasteiger charge is 2.24. The lowest BCUT2D eigenvalue weighted by Gasteiger charge is -2.03. The normalized spacial score (nSPS) is 13.7. The van der Waals surface area contributed by atoms with Crippen LogP contribution in [0.3, 0.4) is 0 Å². The minimum Gasteiger partial charge on any atom is -0.481 e. The number of allylic oxidation sites excluding steroid dienone is 4. The third kappa shape index (κ3) is 5.50. The number of nitrogens with zero attached hydrogens (tertiary/aromatic N) is 2. The number of nitrogens with one attached hydrogen (secondary N) is 2. The molecule has 0 radical (unpaired) electrons. The molecular formula is C34H34N4O6. The van der Waals surface area contributed by atoms with E-state index >= 15 is 0 Å². The zero-order valence-electron chi connectivity index (χ0n) is 27.4. The number of H-pyrrole nitrogens is 2. The number of aryl methyl sites for hydroxylation is 3. The fourth-order valence-corrected chi connectivity index (χ4v) is 5.87. The zero-order valence-corrected chi connectivity index (χ0v) is 25.4. The molecule has 0 aliphatic carbocycles. The first-order valence-corrected chi connectivity index (χ1v) is 14.2. The molecule has 5 heterocycles. The number of aliphatic carboxylic acids is 2. The molecule has 0 atom stereocenters. The first-order valence-electron chi connectivity index (χ1n) is 15.2. The van der Waals surface area contributed by atoms with Crippen LogP contribution >= 0.6 is 0 Å². The Balaban J connectivity index is 2.05. The average Bonchev–Trinajstić information content (AvgIpc) is 3.67. The lowest BCUT2D eigenvalue weighted by atomic mass is 9.99. The van der Waals surface area contributed by atoms with Crippen molar-refractivity contribution in [3.05, 3.63) is 69.2 Å². The van der Waals surface area contributed by atoms with E-state index in [0.29, 0.717) is 67.1 Å². The number of aromatic nitrogens is 4. The van der Waals surface area contributed by atoms with Gasteiger partial charge in [0, 0.05) is 40.5 Å². The van der Waals surface area contributed by atoms with E-state index in [9.17, 15) is 32.1 Å². The second-order valence-corrected chi connectivity index (χ2v) is 11.2. The van der Waals surface area contributed by atoms with Crippen molar-refractivity contribution in [1.29, 1.82) is 0 Å². The van der Waals surface area contributed by atoms with Crippen LogP contribution in [0.25, 0.3) is 44.4 Å². The predicted octanol–water partition coefficient (Wildman–Crippen LogP) is 6.47. The van der Waals surface area contributed by atoms with Crippen LogP contribution in [0.4, 0.5) is 0 Å². The molecule has 44 heavy (non-hydrogen) atoms. The van der Waals surface area contributed by atoms with E-state index in [1.165, 1.54) is 13.8 Å². The number of carbonyl (C=O) groups excluding carboxylic acids is 2. The van der Waals surface area contributed by atoms with Crippen LogP contribution in [0, 0.1) is 13.8 Å². The third-order valence-corrected chi connectivity index (χ3v) is 8.21. The number of hydrogen-bond donors (Lipinski definition) is 4. The zero-order chi connectivity index (χ0) is 33.8. The second kappa shape index (κ2) is 11.5. The molecule has 3 aromatic heterocycles. The maximum Gasteiger partial charge on any atom is 0.303 e. The van der Waals surface area contributed by atoms with Crippen molar-refractivity contribution in [2.24, 2.45) is 0 Å². The number of aromatic amines is 2. The Kier molecular flexibility index (Phi) is 7.25. The number of carbonyl (C=O) groups is 4. The summed E-state index contributed by atoms with van der Waals surface area (Å²) in [6, 6.07) is 3.24. The SMILES string of the molecule is [2H]c1c2nc(cc3nc(cc4[nH]c(c(C(C)=O)c4C)c([2H])c4[nH]c1c(CCC(=O)O)c4C)C(C(C)=O)=C3C)C(C)=C2CCC(=O)O. The highest BCUT2D eigenvalue weighted by Crippen LogP contribution is 2.37. The molecule has 0 spiro atoms. The molecule has 2 aliphatic heterocycles. The van der Waals surface area contributed by atoms with E-state index in [-0.39, 0.29) is 71.6 Å². The van der Waals surface area contributed by atoms with Gasteiger partial charge in [0.25, 0.3) is 0 Å². The molecule has 0 saturated heterocycles. The molecule has 0 aromatic carbocycles. The van der Waals surface area contributed by atoms with Crippen molar-refractivity contribution >= 4 is 67.9 Å². The number of carboxylic acids is 2. The molecule has 0 saturated carbocycles. The number of ketones is 2. The van der Waals surface area contributed by atoms with Crippen LogP contribution in [0.5, 0.6) is 0 Å². The second-order valence-electron chi connectivity index (χ2n) is 11.2. The van der Waals surface area contributed by atoms with Gasteiger partial charge in [-0.1, -0.05) is 0 Å². The summed E-state index contributed by atoms with van der Waals surface area (Å²) < 4.78 is 18.6. The largest absolute Gasteiger partial charge is 0.481 e. The topological polar surface area (TPSA) is 166 Å². The fourth-order valence-electron chi connectivity index (χ4n) is 5.87. The van der Waals surface area contributed by atoms with Crippen LogP contribution in [0.15, 0.2) is 24.2 Å². The van der Waals surface area contributed by atoms with Gasteiger partial charge in [0.1, 0.15) is 0 Å². The third-order valence-electron chi connectivity index (χ3n) is 8.21. The molecule has 2 aliphatic rings. The summed E-state index contributed by atoms with van der Waals surface area (Å²) in [5, 5.41) is 19.0. The molecule has 8 bridgehead atoms. The minimum absolute atomic E-state index is 0.0566. The first-order chi connectivity index (χ1) is 21.6. The van der Waals surface area contributed by atoms with Gasteiger partial charge in [-0.3, -0.25) is 19.2 Å². The maximum absolute atomic E-state index is 12.9. The number of hydrogen-bond acceptors (Lipinski definition) is 6. The highest BCUT2D eigenvalue weighted by molar-refractivity contribution is 6.27. The molecule has 4 N–H and O–H groups in total. The van der Waals surface area contributed by atoms with E-state index in [4.69, 9.17) is 9.97 Å². The molecule has 10 heteroatoms. The molecule has 10 nitrogen and oxygen atoms in total. The Morgan fingerprint density at radius 2 is 1.32 bits per heavy atom. The van der Waals surface area contributed by atoms with E-state index in [1.54, 1.807) is 39.8 Å². The van der Waals surface area contributed by atoms with Crippen LogP contribution in [0.1, 0.15) is 99.5 Å². The summed E-state index contributed by atoms with van der Waals surface area (Å²) in [7, 11) is 0. The van der Waals surface area contributed by atoms with Crippen molar-refractivity contribution in [3.8, 4) is 0 Å². The number of rotatable bonds is 8. The van der Waals surface area contributed by atoms with Gasteiger partial charge in [-0.25, -0.2) is 9.97 Å². The maximum atomic E-state index is 12.9. The van der Waals surface area contributed by atoms with E-state index in [2.05, 4.69) is 9.97 Å². The van der Waals surface area contributed by atoms with Crippen molar-refractivity contribution in [1.82, 2.24) is 19.9 Å². The summed E-state index contributed by atoms with van der Waals surface area (Å²) in [5.41, 5.74) is 6.89. The Hall–Kier alpha value is -5.12. The summed E-state index contributed by atoms with van der Waals surface area (Å²) in [6.07, 6.45) is -0.293. The average molecular weight is 597 g/mol. The van der Waals surface area contributed by atoms with Crippen molar-refractivity contribution < 1.29 is 32.1 Å². The van der Waals surface area contributed by atoms with Gasteiger partial charge in [0.15, 0.2) is 11.6 Å². The molecule has 5 rings (SSSR count). The van der Waals surface area contributed by atoms with Gasteiger partial charge in [-0.15, -0.1) is 0 Å². The smallest absolute Gasteiger partial charge is 0.303 e. The van der Waals surface area contributed by atoms with E-state index in [0.717, 1.165) is 0 Å². The Morgan fingerprint density at radius 3 is 1.95 bits per heavy atom. The summed E-state index contributed by atoms with van der Waals surface area (Å²) in [4.78, 5) is 64.9. The fraction of sp³-hybridized carbons (Fsp3) is 0.294. The van der Waals surface area contributed by atoms with Crippen molar-refractivity contribution in [3.63, 3.8) is 0 Å². The highest BCUT2D eigenvalue weighted by atomic mass is 16.4. The standard InChI is InChI=1S/C34H34N4O6/c1-15-21(7-9-31(41)42)27-14-28-22(8-10-32(43)44)16(2)24(36-28)12-29-34(20(6)40)18(4)26(38-29)13-30-33(19(5)39)17(3)25(37-30)11-23(15)35-27/h11-14,36,38H,7-10H2,1-6H3,(H,41,42)(H,43,44)/i12D,14D. The van der Waals surface area contributed by atoms with Gasteiger partial charge >= 0.3 is 11.9 Å². The summed E-state index contributed by atoms with van der Waals surface area (Å²) >= 11 is 0. The van der Waals surface area contributed by atoms with Gasteiger partial charge in [-0.2, -0.15) is 0 Å². The summed E-state index contributed by atoms with van der Waals surface area (Å²) in [6.45, 7) is 9.88. The quantitative estimate of drug-likeness (QED) is 0.215. The Bertz CT molecular complexity index is 2130. The van der Waals surface area contributed by atoms with Crippen LogP contribution in [-0.2, 0) is 20.8 Å². The molecule has 226 valence electrons. The Morgan fingerprint density at radius 1 is 0.705 bits per heavy atom. The minimum atomic E-state index is -1.03. The van der Waals surface area contributed by atoms with Crippen LogP contribution < -0.4 is 0 Å². The molecule has 0 amide bonds. The molecule has 0 unspecified atom stereocenters. The van der Waals surface area contributed by atoms with Crippen molar-refractivity contribution in [2.45, 2.75) is 67.2 Å². The molecular weight excluding hydrogens is 560 g/mol. The van der Waals surface area contributed by atoms with Gasteiger partial charge in [-0.05, 0) is 112 Å². The number of Topliss-reactive ketones (excluding diaryl/α,β-unsaturated/α-hetero) is 2. The Labute approximate surface area is 256 Å². The lowest BCUT2D eigenvalue weighted by Crippen LogP contribution is -1.98. The number of carboxylic acid groups (broad SMARTS) is 2. The predicted molar refractivity (Wildman–Crippen MR) is 169 cm³/mol. The molecule has 3 aromatic rings. The first kappa shape index (κ1) is 27.7. The van der Waals surface area contributed by atoms with Gasteiger partial charge in [0.2, 0.25) is 0 Å². The van der Waals surface area contributed by atoms with E-state index in [1.807, 2.05) is 0 Å². The van der Waals surface area contributed by atoms with Crippen molar-refractivity contribution in [2.75, 3.05) is 0 Å². The van der Waals surface area contributed by atoms with Crippen LogP contribution in [-0.4, -0.2) is 53.7 Å². The van der Waals surface area contributed by atoms with Gasteiger partial charge < -0.3 is 20.2 Å². The van der Waals surface area contributed by atoms with E-state index < -0.39 is 11.9 Å². The van der Waals surface area contributed by atoms with Crippen LogP contribution in [0.2, 0.25) is 0 Å². The van der Waals surface area contributed by atoms with Gasteiger partial charge in [0.05, 0.1) is 31.0 Å². The number of fused-ring (bicyclic) bond motifs is 8. The lowest BCUT2D eigenvalue weighted by molar-refractivity contribution is -0.137.